The molecule has 0 unspecified atom stereocenters. The Bertz CT molecular complexity index is 994. The average Bonchev–Trinajstić information content (AvgIpc) is 3.25. The van der Waals surface area contributed by atoms with E-state index >= 15 is 0 Å². The van der Waals surface area contributed by atoms with E-state index in [0.717, 1.165) is 34.2 Å². The molecule has 1 aromatic carbocycles. The molecule has 2 heterocycles. The van der Waals surface area contributed by atoms with Crippen molar-refractivity contribution < 1.29 is 9.53 Å². The minimum Gasteiger partial charge on any atom is -0.497 e. The lowest BCUT2D eigenvalue weighted by Crippen LogP contribution is -2.11. The van der Waals surface area contributed by atoms with Crippen LogP contribution in [0.25, 0.3) is 11.9 Å². The number of aromatic nitrogens is 3. The summed E-state index contributed by atoms with van der Waals surface area (Å²) in [5.74, 6) is 1.59. The lowest BCUT2D eigenvalue weighted by molar-refractivity contribution is -0.111. The van der Waals surface area contributed by atoms with Crippen molar-refractivity contribution in [3.05, 3.63) is 65.6 Å². The molecule has 0 saturated heterocycles. The average molecular weight is 378 g/mol. The van der Waals surface area contributed by atoms with Crippen LogP contribution in [0, 0.1) is 13.8 Å². The largest absolute Gasteiger partial charge is 0.497 e. The Kier molecular flexibility index (Phi) is 5.68. The Morgan fingerprint density at radius 1 is 1.18 bits per heavy atom. The number of carbonyl (C=O) groups is 1. The van der Waals surface area contributed by atoms with Crippen molar-refractivity contribution in [2.45, 2.75) is 33.7 Å². The van der Waals surface area contributed by atoms with Gasteiger partial charge in [0.25, 0.3) is 0 Å². The molecule has 0 spiro atoms. The Morgan fingerprint density at radius 3 is 2.54 bits per heavy atom. The maximum absolute atomic E-state index is 12.3. The number of hydrogen-bond donors (Lipinski definition) is 1. The molecule has 146 valence electrons. The number of anilines is 1. The molecule has 0 fully saturated rings. The zero-order valence-electron chi connectivity index (χ0n) is 16.9. The van der Waals surface area contributed by atoms with E-state index in [-0.39, 0.29) is 11.9 Å². The van der Waals surface area contributed by atoms with Crippen molar-refractivity contribution in [3.63, 3.8) is 0 Å². The number of methoxy groups -OCH3 is 1. The van der Waals surface area contributed by atoms with E-state index in [1.54, 1.807) is 13.2 Å². The van der Waals surface area contributed by atoms with E-state index in [1.807, 2.05) is 54.2 Å². The van der Waals surface area contributed by atoms with E-state index in [2.05, 4.69) is 41.8 Å². The Morgan fingerprint density at radius 2 is 1.89 bits per heavy atom. The topological polar surface area (TPSA) is 61.1 Å². The van der Waals surface area contributed by atoms with Crippen molar-refractivity contribution in [1.82, 2.24) is 14.3 Å². The first kappa shape index (κ1) is 19.5. The lowest BCUT2D eigenvalue weighted by atomic mass is 10.2. The van der Waals surface area contributed by atoms with Crippen LogP contribution in [-0.4, -0.2) is 27.4 Å². The molecule has 6 heteroatoms. The second-order valence-corrected chi connectivity index (χ2v) is 6.94. The van der Waals surface area contributed by atoms with E-state index in [4.69, 9.17) is 4.74 Å². The smallest absolute Gasteiger partial charge is 0.248 e. The number of aryl methyl sites for hydroxylation is 1. The van der Waals surface area contributed by atoms with Gasteiger partial charge in [0.15, 0.2) is 0 Å². The molecule has 0 radical (unpaired) electrons. The first-order valence-electron chi connectivity index (χ1n) is 9.26. The second kappa shape index (κ2) is 8.17. The number of ether oxygens (including phenoxy) is 1. The molecule has 0 bridgehead atoms. The third-order valence-corrected chi connectivity index (χ3v) is 4.61. The van der Waals surface area contributed by atoms with Crippen LogP contribution in [0.2, 0.25) is 0 Å². The van der Waals surface area contributed by atoms with E-state index in [9.17, 15) is 4.79 Å². The highest BCUT2D eigenvalue weighted by atomic mass is 16.5. The molecule has 0 aliphatic rings. The standard InChI is InChI=1S/C22H26N4O2/c1-15(2)26-22(12-13-23-26)25-16(3)14-18(17(25)4)6-11-21(27)24-19-7-9-20(28-5)10-8-19/h6-15H,1-5H3,(H,24,27)/b11-6+. The van der Waals surface area contributed by atoms with Gasteiger partial charge in [0, 0.05) is 35.3 Å². The maximum atomic E-state index is 12.3. The van der Waals surface area contributed by atoms with Crippen molar-refractivity contribution in [1.29, 1.82) is 0 Å². The quantitative estimate of drug-likeness (QED) is 0.641. The summed E-state index contributed by atoms with van der Waals surface area (Å²) in [7, 11) is 1.61. The normalized spacial score (nSPS) is 11.4. The molecule has 28 heavy (non-hydrogen) atoms. The van der Waals surface area contributed by atoms with Gasteiger partial charge in [0.1, 0.15) is 11.6 Å². The van der Waals surface area contributed by atoms with Crippen LogP contribution < -0.4 is 10.1 Å². The first-order valence-corrected chi connectivity index (χ1v) is 9.26. The molecule has 2 aromatic heterocycles. The summed E-state index contributed by atoms with van der Waals surface area (Å²) in [5.41, 5.74) is 3.88. The molecule has 6 nitrogen and oxygen atoms in total. The van der Waals surface area contributed by atoms with Crippen LogP contribution in [0.15, 0.2) is 48.7 Å². The monoisotopic (exact) mass is 378 g/mol. The van der Waals surface area contributed by atoms with Crippen molar-refractivity contribution in [2.75, 3.05) is 12.4 Å². The van der Waals surface area contributed by atoms with Crippen LogP contribution in [0.3, 0.4) is 0 Å². The third-order valence-electron chi connectivity index (χ3n) is 4.61. The van der Waals surface area contributed by atoms with Crippen LogP contribution in [0.4, 0.5) is 5.69 Å². The molecule has 0 saturated carbocycles. The minimum absolute atomic E-state index is 0.179. The fourth-order valence-electron chi connectivity index (χ4n) is 3.21. The van der Waals surface area contributed by atoms with Gasteiger partial charge in [-0.05, 0) is 69.7 Å². The fraction of sp³-hybridized carbons (Fsp3) is 0.273. The van der Waals surface area contributed by atoms with Gasteiger partial charge in [-0.25, -0.2) is 4.68 Å². The summed E-state index contributed by atoms with van der Waals surface area (Å²) in [5, 5.41) is 7.28. The highest BCUT2D eigenvalue weighted by Gasteiger charge is 2.14. The minimum atomic E-state index is -0.179. The molecule has 0 aliphatic carbocycles. The number of carbonyl (C=O) groups excluding carboxylic acids is 1. The predicted octanol–water partition coefficient (Wildman–Crippen LogP) is 4.53. The molecular formula is C22H26N4O2. The summed E-state index contributed by atoms with van der Waals surface area (Å²) in [6.45, 7) is 8.31. The van der Waals surface area contributed by atoms with Crippen LogP contribution in [0.5, 0.6) is 5.75 Å². The van der Waals surface area contributed by atoms with Crippen molar-refractivity contribution in [3.8, 4) is 11.6 Å². The molecule has 3 rings (SSSR count). The zero-order chi connectivity index (χ0) is 20.3. The van der Waals surface area contributed by atoms with Gasteiger partial charge in [-0.15, -0.1) is 0 Å². The molecule has 0 aliphatic heterocycles. The lowest BCUT2D eigenvalue weighted by Gasteiger charge is -2.15. The predicted molar refractivity (Wildman–Crippen MR) is 112 cm³/mol. The molecule has 1 amide bonds. The number of rotatable bonds is 6. The summed E-state index contributed by atoms with van der Waals surface area (Å²) in [4.78, 5) is 12.3. The van der Waals surface area contributed by atoms with Gasteiger partial charge in [0.05, 0.1) is 13.3 Å². The molecular weight excluding hydrogens is 352 g/mol. The Labute approximate surface area is 165 Å². The Balaban J connectivity index is 1.79. The van der Waals surface area contributed by atoms with Crippen LogP contribution >= 0.6 is 0 Å². The van der Waals surface area contributed by atoms with Crippen LogP contribution in [0.1, 0.15) is 36.8 Å². The van der Waals surface area contributed by atoms with Gasteiger partial charge < -0.3 is 14.6 Å². The van der Waals surface area contributed by atoms with Gasteiger partial charge in [-0.1, -0.05) is 0 Å². The van der Waals surface area contributed by atoms with Gasteiger partial charge >= 0.3 is 0 Å². The number of nitrogens with zero attached hydrogens (tertiary/aromatic N) is 3. The van der Waals surface area contributed by atoms with Gasteiger partial charge in [-0.3, -0.25) is 4.79 Å². The number of amides is 1. The summed E-state index contributed by atoms with van der Waals surface area (Å²) in [6.07, 6.45) is 5.20. The van der Waals surface area contributed by atoms with Gasteiger partial charge in [-0.2, -0.15) is 5.10 Å². The van der Waals surface area contributed by atoms with Crippen LogP contribution in [-0.2, 0) is 4.79 Å². The summed E-state index contributed by atoms with van der Waals surface area (Å²) >= 11 is 0. The summed E-state index contributed by atoms with van der Waals surface area (Å²) < 4.78 is 9.28. The fourth-order valence-corrected chi connectivity index (χ4v) is 3.21. The third kappa shape index (κ3) is 4.01. The highest BCUT2D eigenvalue weighted by molar-refractivity contribution is 6.02. The zero-order valence-corrected chi connectivity index (χ0v) is 16.9. The maximum Gasteiger partial charge on any atom is 0.248 e. The van der Waals surface area contributed by atoms with E-state index < -0.39 is 0 Å². The number of nitrogens with one attached hydrogen (secondary N) is 1. The van der Waals surface area contributed by atoms with E-state index in [1.165, 1.54) is 0 Å². The van der Waals surface area contributed by atoms with E-state index in [0.29, 0.717) is 0 Å². The first-order chi connectivity index (χ1) is 13.4. The van der Waals surface area contributed by atoms with Gasteiger partial charge in [0.2, 0.25) is 5.91 Å². The molecule has 1 N–H and O–H groups in total. The van der Waals surface area contributed by atoms with Crippen molar-refractivity contribution >= 4 is 17.7 Å². The molecule has 3 aromatic rings. The Hall–Kier alpha value is -3.28. The second-order valence-electron chi connectivity index (χ2n) is 6.94. The summed E-state index contributed by atoms with van der Waals surface area (Å²) in [6, 6.07) is 11.6. The van der Waals surface area contributed by atoms with Crippen molar-refractivity contribution in [2.24, 2.45) is 0 Å². The number of hydrogen-bond acceptors (Lipinski definition) is 3. The SMILES string of the molecule is COc1ccc(NC(=O)/C=C/c2cc(C)n(-c3ccnn3C(C)C)c2C)cc1. The molecule has 0 atom stereocenters. The number of benzene rings is 1. The highest BCUT2D eigenvalue weighted by Crippen LogP contribution is 2.23.